The van der Waals surface area contributed by atoms with Crippen molar-refractivity contribution in [1.29, 1.82) is 0 Å². The van der Waals surface area contributed by atoms with Crippen LogP contribution in [0, 0.1) is 26.7 Å². The number of carbonyl (C=O) groups excluding carboxylic acids is 3. The number of hydrogen-bond donors (Lipinski definition) is 2. The predicted molar refractivity (Wildman–Crippen MR) is 155 cm³/mol. The number of benzene rings is 1. The highest BCUT2D eigenvalue weighted by Gasteiger charge is 2.30. The van der Waals surface area contributed by atoms with Gasteiger partial charge < -0.3 is 15.5 Å². The van der Waals surface area contributed by atoms with Crippen LogP contribution in [-0.2, 0) is 29.1 Å². The first-order chi connectivity index (χ1) is 19.6. The molecule has 11 heteroatoms. The molecule has 1 aromatic carbocycles. The van der Waals surface area contributed by atoms with E-state index in [0.29, 0.717) is 61.9 Å². The fourth-order valence-corrected chi connectivity index (χ4v) is 5.41. The van der Waals surface area contributed by atoms with Crippen LogP contribution in [0.2, 0.25) is 0 Å². The van der Waals surface area contributed by atoms with Crippen LogP contribution in [0.15, 0.2) is 30.3 Å². The van der Waals surface area contributed by atoms with Crippen molar-refractivity contribution in [2.75, 3.05) is 13.1 Å². The Morgan fingerprint density at radius 3 is 2.41 bits per heavy atom. The van der Waals surface area contributed by atoms with Crippen molar-refractivity contribution in [2.24, 2.45) is 5.92 Å². The quantitative estimate of drug-likeness (QED) is 0.492. The Bertz CT molecular complexity index is 1380. The van der Waals surface area contributed by atoms with Gasteiger partial charge in [-0.05, 0) is 45.6 Å². The lowest BCUT2D eigenvalue weighted by molar-refractivity contribution is -0.129. The lowest BCUT2D eigenvalue weighted by Crippen LogP contribution is -2.50. The van der Waals surface area contributed by atoms with E-state index in [2.05, 4.69) is 25.8 Å². The summed E-state index contributed by atoms with van der Waals surface area (Å²) in [6.45, 7) is 13.4. The first kappa shape index (κ1) is 30.0. The van der Waals surface area contributed by atoms with Gasteiger partial charge in [-0.25, -0.2) is 9.67 Å². The molecular formula is C30H42N8O3. The van der Waals surface area contributed by atoms with Gasteiger partial charge in [0.15, 0.2) is 0 Å². The Kier molecular flexibility index (Phi) is 9.57. The summed E-state index contributed by atoms with van der Waals surface area (Å²) in [6, 6.07) is 8.45. The summed E-state index contributed by atoms with van der Waals surface area (Å²) in [6.07, 6.45) is 1.00. The molecule has 11 nitrogen and oxygen atoms in total. The highest BCUT2D eigenvalue weighted by molar-refractivity contribution is 5.96. The van der Waals surface area contributed by atoms with Crippen molar-refractivity contribution >= 4 is 17.7 Å². The third-order valence-electron chi connectivity index (χ3n) is 7.58. The third-order valence-corrected chi connectivity index (χ3v) is 7.58. The van der Waals surface area contributed by atoms with Crippen molar-refractivity contribution in [3.63, 3.8) is 0 Å². The lowest BCUT2D eigenvalue weighted by Gasteiger charge is -2.28. The molecule has 0 radical (unpaired) electrons. The number of amides is 3. The van der Waals surface area contributed by atoms with Gasteiger partial charge in [-0.3, -0.25) is 19.1 Å². The molecule has 2 N–H and O–H groups in total. The zero-order valence-electron chi connectivity index (χ0n) is 25.0. The van der Waals surface area contributed by atoms with Crippen molar-refractivity contribution in [3.05, 3.63) is 64.5 Å². The molecule has 0 saturated heterocycles. The number of carbonyl (C=O) groups is 3. The summed E-state index contributed by atoms with van der Waals surface area (Å²) < 4.78 is 3.63. The van der Waals surface area contributed by atoms with Gasteiger partial charge in [-0.1, -0.05) is 44.2 Å². The second-order valence-electron chi connectivity index (χ2n) is 11.0. The van der Waals surface area contributed by atoms with Crippen molar-refractivity contribution in [3.8, 4) is 0 Å². The Morgan fingerprint density at radius 1 is 1.02 bits per heavy atom. The summed E-state index contributed by atoms with van der Waals surface area (Å²) in [5.74, 6) is 0.627. The minimum atomic E-state index is -0.755. The molecule has 1 aliphatic rings. The summed E-state index contributed by atoms with van der Waals surface area (Å²) in [5.41, 5.74) is 3.07. The van der Waals surface area contributed by atoms with Gasteiger partial charge in [-0.15, -0.1) is 0 Å². The van der Waals surface area contributed by atoms with E-state index >= 15 is 0 Å². The molecule has 220 valence electrons. The molecule has 0 aliphatic carbocycles. The second-order valence-corrected chi connectivity index (χ2v) is 11.0. The van der Waals surface area contributed by atoms with E-state index in [0.717, 1.165) is 11.3 Å². The van der Waals surface area contributed by atoms with Gasteiger partial charge in [-0.2, -0.15) is 10.2 Å². The minimum Gasteiger partial charge on any atom is -0.344 e. The molecule has 41 heavy (non-hydrogen) atoms. The zero-order chi connectivity index (χ0) is 29.7. The number of hydrogen-bond acceptors (Lipinski definition) is 6. The van der Waals surface area contributed by atoms with E-state index < -0.39 is 12.1 Å². The highest BCUT2D eigenvalue weighted by atomic mass is 16.2. The maximum absolute atomic E-state index is 13.8. The number of aryl methyl sites for hydroxylation is 3. The van der Waals surface area contributed by atoms with Crippen LogP contribution in [0.1, 0.15) is 78.6 Å². The zero-order valence-corrected chi connectivity index (χ0v) is 25.0. The SMILES string of the molecule is CCn1nc(C)c(C(=O)N2CCCC(=O)N[C@@H](Cc3ccccc3)C(=O)N[C@H](C(C)C)c3nc(C)nn3CC2)c1C. The molecule has 3 heterocycles. The lowest BCUT2D eigenvalue weighted by atomic mass is 10.0. The number of fused-ring (bicyclic) bond motifs is 1. The summed E-state index contributed by atoms with van der Waals surface area (Å²) in [4.78, 5) is 47.0. The maximum atomic E-state index is 13.8. The number of aromatic nitrogens is 5. The van der Waals surface area contributed by atoms with Crippen molar-refractivity contribution < 1.29 is 14.4 Å². The Morgan fingerprint density at radius 2 is 1.76 bits per heavy atom. The second kappa shape index (κ2) is 13.1. The largest absolute Gasteiger partial charge is 0.344 e. The smallest absolute Gasteiger partial charge is 0.257 e. The van der Waals surface area contributed by atoms with Crippen LogP contribution in [0.4, 0.5) is 0 Å². The highest BCUT2D eigenvalue weighted by Crippen LogP contribution is 2.22. The Labute approximate surface area is 241 Å². The van der Waals surface area contributed by atoms with Gasteiger partial charge in [0.2, 0.25) is 11.8 Å². The molecule has 0 spiro atoms. The van der Waals surface area contributed by atoms with Crippen LogP contribution in [0.5, 0.6) is 0 Å². The van der Waals surface area contributed by atoms with Gasteiger partial charge in [0.25, 0.3) is 5.91 Å². The van der Waals surface area contributed by atoms with Gasteiger partial charge in [0.05, 0.1) is 23.8 Å². The van der Waals surface area contributed by atoms with Crippen LogP contribution < -0.4 is 10.6 Å². The minimum absolute atomic E-state index is 0.00481. The summed E-state index contributed by atoms with van der Waals surface area (Å²) in [5, 5.41) is 15.3. The number of nitrogens with zero attached hydrogens (tertiary/aromatic N) is 6. The number of nitrogens with one attached hydrogen (secondary N) is 2. The van der Waals surface area contributed by atoms with Crippen molar-refractivity contribution in [1.82, 2.24) is 40.1 Å². The van der Waals surface area contributed by atoms with Crippen LogP contribution in [0.3, 0.4) is 0 Å². The standard InChI is InChI=1S/C30H42N8O3/c1-7-37-21(5)26(20(4)34-37)30(41)36-15-11-14-25(39)32-24(18-23-12-9-8-10-13-23)29(40)33-27(19(2)3)28-31-22(6)35-38(28)17-16-36/h8-10,12-13,19,24,27H,7,11,14-18H2,1-6H3,(H,32,39)(H,33,40)/t24-,27+/m0/s1. The molecule has 3 aromatic rings. The fourth-order valence-electron chi connectivity index (χ4n) is 5.41. The molecule has 1 aliphatic heterocycles. The predicted octanol–water partition coefficient (Wildman–Crippen LogP) is 2.90. The van der Waals surface area contributed by atoms with Crippen LogP contribution in [-0.4, -0.2) is 66.3 Å². The molecule has 2 atom stereocenters. The summed E-state index contributed by atoms with van der Waals surface area (Å²) >= 11 is 0. The van der Waals surface area contributed by atoms with Gasteiger partial charge in [0, 0.05) is 38.2 Å². The van der Waals surface area contributed by atoms with E-state index in [4.69, 9.17) is 0 Å². The molecule has 3 amide bonds. The average molecular weight is 563 g/mol. The van der Waals surface area contributed by atoms with Gasteiger partial charge >= 0.3 is 0 Å². The Balaban J connectivity index is 1.68. The third kappa shape index (κ3) is 7.01. The molecule has 0 saturated carbocycles. The molecule has 0 unspecified atom stereocenters. The fraction of sp³-hybridized carbons (Fsp3) is 0.533. The molecular weight excluding hydrogens is 520 g/mol. The normalized spacial score (nSPS) is 19.0. The molecule has 4 rings (SSSR count). The molecule has 2 aromatic heterocycles. The van der Waals surface area contributed by atoms with E-state index in [1.807, 2.05) is 76.6 Å². The number of rotatable bonds is 5. The monoisotopic (exact) mass is 562 g/mol. The Hall–Kier alpha value is -4.02. The first-order valence-electron chi connectivity index (χ1n) is 14.5. The average Bonchev–Trinajstić information content (AvgIpc) is 3.45. The molecule has 0 bridgehead atoms. The first-order valence-corrected chi connectivity index (χ1v) is 14.5. The van der Waals surface area contributed by atoms with Crippen LogP contribution in [0.25, 0.3) is 0 Å². The topological polar surface area (TPSA) is 127 Å². The van der Waals surface area contributed by atoms with E-state index in [9.17, 15) is 14.4 Å². The van der Waals surface area contributed by atoms with E-state index in [1.54, 1.807) is 9.58 Å². The van der Waals surface area contributed by atoms with E-state index in [-0.39, 0.29) is 30.1 Å². The van der Waals surface area contributed by atoms with Crippen LogP contribution >= 0.6 is 0 Å². The molecule has 0 fully saturated rings. The van der Waals surface area contributed by atoms with E-state index in [1.165, 1.54) is 0 Å². The van der Waals surface area contributed by atoms with Crippen molar-refractivity contribution in [2.45, 2.75) is 86.0 Å². The summed E-state index contributed by atoms with van der Waals surface area (Å²) in [7, 11) is 0. The van der Waals surface area contributed by atoms with Gasteiger partial charge in [0.1, 0.15) is 17.7 Å². The maximum Gasteiger partial charge on any atom is 0.257 e.